The van der Waals surface area contributed by atoms with Crippen LogP contribution in [0.4, 0.5) is 5.69 Å². The molecule has 0 aliphatic carbocycles. The van der Waals surface area contributed by atoms with Crippen LogP contribution >= 0.6 is 23.1 Å². The molecule has 1 aliphatic heterocycles. The quantitative estimate of drug-likeness (QED) is 0.584. The van der Waals surface area contributed by atoms with Gasteiger partial charge >= 0.3 is 5.97 Å². The van der Waals surface area contributed by atoms with Crippen molar-refractivity contribution in [3.8, 4) is 0 Å². The number of esters is 1. The van der Waals surface area contributed by atoms with Gasteiger partial charge < -0.3 is 10.1 Å². The lowest BCUT2D eigenvalue weighted by molar-refractivity contribution is -0.148. The average Bonchev–Trinajstić information content (AvgIpc) is 3.00. The first-order chi connectivity index (χ1) is 12.3. The maximum Gasteiger partial charge on any atom is 0.331 e. The summed E-state index contributed by atoms with van der Waals surface area (Å²) in [7, 11) is 0. The van der Waals surface area contributed by atoms with Crippen LogP contribution in [0, 0.1) is 0 Å². The first-order valence-electron chi connectivity index (χ1n) is 8.10. The van der Waals surface area contributed by atoms with Crippen LogP contribution < -0.4 is 5.32 Å². The molecule has 0 spiro atoms. The average molecular weight is 386 g/mol. The zero-order valence-electron chi connectivity index (χ0n) is 14.7. The summed E-state index contributed by atoms with van der Waals surface area (Å²) in [6, 6.07) is 9.66. The number of amides is 1. The summed E-state index contributed by atoms with van der Waals surface area (Å²) in [5.41, 5.74) is 1.23. The number of ether oxygens (including phenoxy) is 1. The van der Waals surface area contributed by atoms with Gasteiger partial charge in [-0.25, -0.2) is 4.79 Å². The fourth-order valence-electron chi connectivity index (χ4n) is 2.26. The lowest BCUT2D eigenvalue weighted by atomic mass is 10.2. The number of fused-ring (bicyclic) bond motifs is 1. The Labute approximate surface area is 161 Å². The number of carbonyl (C=O) groups excluding carboxylic acids is 2. The van der Waals surface area contributed by atoms with Gasteiger partial charge in [-0.05, 0) is 62.1 Å². The van der Waals surface area contributed by atoms with Crippen molar-refractivity contribution in [3.63, 3.8) is 0 Å². The Hall–Kier alpha value is -2.31. The van der Waals surface area contributed by atoms with E-state index in [1.54, 1.807) is 6.08 Å². The molecule has 2 heterocycles. The minimum Gasteiger partial charge on any atom is -0.457 e. The Balaban J connectivity index is 1.71. The van der Waals surface area contributed by atoms with E-state index in [1.807, 2.05) is 62.6 Å². The Morgan fingerprint density at radius 1 is 1.23 bits per heavy atom. The molecule has 0 radical (unpaired) electrons. The first-order valence-corrected chi connectivity index (χ1v) is 9.79. The van der Waals surface area contributed by atoms with Crippen LogP contribution in [0.3, 0.4) is 0 Å². The van der Waals surface area contributed by atoms with Crippen molar-refractivity contribution in [2.75, 3.05) is 5.32 Å². The van der Waals surface area contributed by atoms with Crippen molar-refractivity contribution >= 4 is 52.8 Å². The normalized spacial score (nSPS) is 15.8. The van der Waals surface area contributed by atoms with Gasteiger partial charge in [0.1, 0.15) is 5.60 Å². The number of nitrogens with one attached hydrogen (secondary N) is 1. The number of thiophene rings is 1. The summed E-state index contributed by atoms with van der Waals surface area (Å²) in [5, 5.41) is 4.84. The summed E-state index contributed by atoms with van der Waals surface area (Å²) in [6.45, 7) is 5.50. The third-order valence-corrected chi connectivity index (χ3v) is 5.31. The topological polar surface area (TPSA) is 55.4 Å². The maximum atomic E-state index is 12.2. The number of carbonyl (C=O) groups is 2. The molecule has 0 saturated heterocycles. The van der Waals surface area contributed by atoms with E-state index in [-0.39, 0.29) is 11.9 Å². The second-order valence-electron chi connectivity index (χ2n) is 6.71. The van der Waals surface area contributed by atoms with Gasteiger partial charge in [-0.3, -0.25) is 4.79 Å². The van der Waals surface area contributed by atoms with E-state index in [2.05, 4.69) is 5.32 Å². The first kappa shape index (κ1) is 18.5. The van der Waals surface area contributed by atoms with Crippen LogP contribution in [0.25, 0.3) is 12.2 Å². The van der Waals surface area contributed by atoms with E-state index in [4.69, 9.17) is 4.74 Å². The number of hydrogen-bond acceptors (Lipinski definition) is 5. The van der Waals surface area contributed by atoms with Crippen molar-refractivity contribution in [1.82, 2.24) is 0 Å². The second kappa shape index (κ2) is 7.51. The highest BCUT2D eigenvalue weighted by Gasteiger charge is 2.20. The summed E-state index contributed by atoms with van der Waals surface area (Å²) >= 11 is 2.98. The Bertz CT molecular complexity index is 904. The highest BCUT2D eigenvalue weighted by Crippen LogP contribution is 2.39. The summed E-state index contributed by atoms with van der Waals surface area (Å²) in [5.74, 6) is -0.477. The number of anilines is 1. The molecular weight excluding hydrogens is 366 g/mol. The highest BCUT2D eigenvalue weighted by molar-refractivity contribution is 8.04. The van der Waals surface area contributed by atoms with Gasteiger partial charge in [-0.2, -0.15) is 0 Å². The highest BCUT2D eigenvalue weighted by atomic mass is 32.2. The number of para-hydroxylation sites is 1. The molecular formula is C20H19NO3S2. The standard InChI is InChI=1S/C20H19NO3S2/c1-20(2,3)24-18(22)9-8-13-10-14(25-12-13)11-17-19(23)21-15-6-4-5-7-16(15)26-17/h4-12H,1-3H3,(H,21,23)/b9-8+,17-11+. The third-order valence-electron chi connectivity index (χ3n) is 3.31. The lowest BCUT2D eigenvalue weighted by Gasteiger charge is -2.17. The number of thioether (sulfide) groups is 1. The summed E-state index contributed by atoms with van der Waals surface area (Å²) in [6.07, 6.45) is 5.00. The van der Waals surface area contributed by atoms with Gasteiger partial charge in [-0.15, -0.1) is 11.3 Å². The molecule has 2 aromatic rings. The van der Waals surface area contributed by atoms with Gasteiger partial charge in [-0.1, -0.05) is 23.9 Å². The predicted molar refractivity (Wildman–Crippen MR) is 108 cm³/mol. The minimum absolute atomic E-state index is 0.104. The van der Waals surface area contributed by atoms with Gasteiger partial charge in [0.25, 0.3) is 5.91 Å². The molecule has 1 N–H and O–H groups in total. The lowest BCUT2D eigenvalue weighted by Crippen LogP contribution is -2.22. The molecule has 6 heteroatoms. The van der Waals surface area contributed by atoms with Gasteiger partial charge in [0.2, 0.25) is 0 Å². The van der Waals surface area contributed by atoms with Crippen molar-refractivity contribution in [1.29, 1.82) is 0 Å². The molecule has 26 heavy (non-hydrogen) atoms. The van der Waals surface area contributed by atoms with Crippen LogP contribution in [0.15, 0.2) is 51.6 Å². The fraction of sp³-hybridized carbons (Fsp3) is 0.200. The maximum absolute atomic E-state index is 12.2. The largest absolute Gasteiger partial charge is 0.457 e. The Morgan fingerprint density at radius 3 is 2.77 bits per heavy atom. The molecule has 0 bridgehead atoms. The zero-order valence-corrected chi connectivity index (χ0v) is 16.4. The van der Waals surface area contributed by atoms with E-state index in [0.717, 1.165) is 21.0 Å². The van der Waals surface area contributed by atoms with E-state index < -0.39 is 5.60 Å². The molecule has 0 fully saturated rings. The molecule has 134 valence electrons. The molecule has 1 aliphatic rings. The molecule has 3 rings (SSSR count). The number of benzene rings is 1. The SMILES string of the molecule is CC(C)(C)OC(=O)/C=C/c1csc(/C=C2/Sc3ccccc3NC2=O)c1. The number of rotatable bonds is 3. The third kappa shape index (κ3) is 4.86. The molecule has 0 unspecified atom stereocenters. The van der Waals surface area contributed by atoms with Crippen molar-refractivity contribution in [3.05, 3.63) is 57.1 Å². The van der Waals surface area contributed by atoms with Gasteiger partial charge in [0, 0.05) is 15.8 Å². The molecule has 1 aromatic carbocycles. The molecule has 0 atom stereocenters. The van der Waals surface area contributed by atoms with E-state index in [1.165, 1.54) is 29.2 Å². The fourth-order valence-corrected chi connectivity index (χ4v) is 4.09. The van der Waals surface area contributed by atoms with Gasteiger partial charge in [0.05, 0.1) is 10.6 Å². The number of hydrogen-bond donors (Lipinski definition) is 1. The molecule has 4 nitrogen and oxygen atoms in total. The van der Waals surface area contributed by atoms with Crippen LogP contribution in [-0.4, -0.2) is 17.5 Å². The van der Waals surface area contributed by atoms with Crippen LogP contribution in [0.5, 0.6) is 0 Å². The van der Waals surface area contributed by atoms with Crippen molar-refractivity contribution < 1.29 is 14.3 Å². The second-order valence-corrected chi connectivity index (χ2v) is 8.74. The molecule has 1 amide bonds. The summed E-state index contributed by atoms with van der Waals surface area (Å²) < 4.78 is 5.24. The Kier molecular flexibility index (Phi) is 5.34. The smallest absolute Gasteiger partial charge is 0.331 e. The van der Waals surface area contributed by atoms with Crippen LogP contribution in [0.1, 0.15) is 31.2 Å². The van der Waals surface area contributed by atoms with E-state index >= 15 is 0 Å². The van der Waals surface area contributed by atoms with Crippen LogP contribution in [0.2, 0.25) is 0 Å². The van der Waals surface area contributed by atoms with E-state index in [9.17, 15) is 9.59 Å². The summed E-state index contributed by atoms with van der Waals surface area (Å²) in [4.78, 5) is 26.6. The Morgan fingerprint density at radius 2 is 2.00 bits per heavy atom. The zero-order chi connectivity index (χ0) is 18.7. The van der Waals surface area contributed by atoms with Crippen molar-refractivity contribution in [2.45, 2.75) is 31.3 Å². The van der Waals surface area contributed by atoms with Crippen molar-refractivity contribution in [2.24, 2.45) is 0 Å². The van der Waals surface area contributed by atoms with Crippen LogP contribution in [-0.2, 0) is 14.3 Å². The van der Waals surface area contributed by atoms with E-state index in [0.29, 0.717) is 4.91 Å². The minimum atomic E-state index is -0.506. The molecule has 0 saturated carbocycles. The monoisotopic (exact) mass is 385 g/mol. The molecule has 1 aromatic heterocycles. The predicted octanol–water partition coefficient (Wildman–Crippen LogP) is 5.19. The van der Waals surface area contributed by atoms with Gasteiger partial charge in [0.15, 0.2) is 0 Å².